The van der Waals surface area contributed by atoms with Gasteiger partial charge < -0.3 is 9.47 Å². The van der Waals surface area contributed by atoms with Crippen molar-refractivity contribution in [3.63, 3.8) is 0 Å². The first-order valence-electron chi connectivity index (χ1n) is 5.16. The quantitative estimate of drug-likeness (QED) is 0.572. The molecule has 0 bridgehead atoms. The summed E-state index contributed by atoms with van der Waals surface area (Å²) in [5.41, 5.74) is 0.898. The predicted molar refractivity (Wildman–Crippen MR) is 62.3 cm³/mol. The Bertz CT molecular complexity index is 395. The highest BCUT2D eigenvalue weighted by molar-refractivity contribution is 5.81. The molecule has 0 amide bonds. The first kappa shape index (κ1) is 13.0. The molecule has 0 aromatic heterocycles. The molecule has 1 rings (SSSR count). The summed E-state index contributed by atoms with van der Waals surface area (Å²) in [4.78, 5) is 22.1. The van der Waals surface area contributed by atoms with Crippen LogP contribution in [0.4, 0.5) is 0 Å². The fraction of sp³-hybridized carbons (Fsp3) is 0.231. The van der Waals surface area contributed by atoms with E-state index in [1.54, 1.807) is 0 Å². The van der Waals surface area contributed by atoms with E-state index in [9.17, 15) is 9.59 Å². The van der Waals surface area contributed by atoms with Gasteiger partial charge in [-0.1, -0.05) is 30.3 Å². The largest absolute Gasteiger partial charge is 0.466 e. The van der Waals surface area contributed by atoms with E-state index >= 15 is 0 Å². The number of rotatable bonds is 5. The number of carbonyl (C=O) groups is 2. The molecule has 0 radical (unpaired) electrons. The van der Waals surface area contributed by atoms with Crippen LogP contribution in [0, 0.1) is 0 Å². The number of carbonyl (C=O) groups excluding carboxylic acids is 2. The van der Waals surface area contributed by atoms with Gasteiger partial charge >= 0.3 is 11.9 Å². The van der Waals surface area contributed by atoms with Crippen molar-refractivity contribution in [2.75, 3.05) is 13.7 Å². The van der Waals surface area contributed by atoms with Gasteiger partial charge in [-0.2, -0.15) is 0 Å². The minimum absolute atomic E-state index is 0.0702. The predicted octanol–water partition coefficient (Wildman–Crippen LogP) is 1.50. The fourth-order valence-corrected chi connectivity index (χ4v) is 1.17. The minimum Gasteiger partial charge on any atom is -0.466 e. The van der Waals surface area contributed by atoms with Crippen LogP contribution in [0.2, 0.25) is 0 Å². The molecule has 0 unspecified atom stereocenters. The second-order valence-electron chi connectivity index (χ2n) is 3.27. The van der Waals surface area contributed by atoms with Crippen LogP contribution >= 0.6 is 0 Å². The molecule has 0 saturated carbocycles. The molecule has 0 aliphatic heterocycles. The van der Waals surface area contributed by atoms with Crippen LogP contribution in [-0.2, 0) is 25.5 Å². The fourth-order valence-electron chi connectivity index (χ4n) is 1.17. The lowest BCUT2D eigenvalue weighted by molar-refractivity contribution is -0.142. The summed E-state index contributed by atoms with van der Waals surface area (Å²) in [7, 11) is 1.29. The van der Waals surface area contributed by atoms with Gasteiger partial charge in [0, 0.05) is 6.08 Å². The molecule has 0 aliphatic carbocycles. The van der Waals surface area contributed by atoms with Crippen molar-refractivity contribution < 1.29 is 19.1 Å². The van der Waals surface area contributed by atoms with E-state index in [-0.39, 0.29) is 19.0 Å². The summed E-state index contributed by atoms with van der Waals surface area (Å²) in [5, 5.41) is 0. The van der Waals surface area contributed by atoms with Crippen molar-refractivity contribution in [2.24, 2.45) is 0 Å². The highest BCUT2D eigenvalue weighted by Gasteiger charge is 2.02. The zero-order chi connectivity index (χ0) is 12.5. The van der Waals surface area contributed by atoms with Crippen LogP contribution in [0.15, 0.2) is 42.5 Å². The molecule has 0 atom stereocenters. The Hall–Kier alpha value is -2.10. The Kier molecular flexibility index (Phi) is 5.51. The van der Waals surface area contributed by atoms with Crippen molar-refractivity contribution in [3.8, 4) is 0 Å². The molecule has 0 heterocycles. The van der Waals surface area contributed by atoms with Gasteiger partial charge in [-0.25, -0.2) is 4.79 Å². The highest BCUT2D eigenvalue weighted by Crippen LogP contribution is 2.00. The van der Waals surface area contributed by atoms with Gasteiger partial charge in [-0.3, -0.25) is 4.79 Å². The Morgan fingerprint density at radius 3 is 2.59 bits per heavy atom. The van der Waals surface area contributed by atoms with E-state index in [1.165, 1.54) is 19.3 Å². The monoisotopic (exact) mass is 234 g/mol. The molecule has 1 aromatic rings. The second kappa shape index (κ2) is 7.22. The number of benzene rings is 1. The van der Waals surface area contributed by atoms with E-state index in [4.69, 9.17) is 4.74 Å². The lowest BCUT2D eigenvalue weighted by Gasteiger charge is -2.01. The second-order valence-corrected chi connectivity index (χ2v) is 3.27. The maximum Gasteiger partial charge on any atom is 0.330 e. The number of ether oxygens (including phenoxy) is 2. The number of esters is 2. The molecule has 0 saturated heterocycles. The van der Waals surface area contributed by atoms with Crippen LogP contribution in [0.3, 0.4) is 0 Å². The molecule has 0 N–H and O–H groups in total. The summed E-state index contributed by atoms with van der Waals surface area (Å²) in [5.74, 6) is -0.796. The average molecular weight is 234 g/mol. The topological polar surface area (TPSA) is 52.6 Å². The van der Waals surface area contributed by atoms with Crippen molar-refractivity contribution in [3.05, 3.63) is 48.0 Å². The first-order chi connectivity index (χ1) is 8.22. The lowest BCUT2D eigenvalue weighted by atomic mass is 10.2. The summed E-state index contributed by atoms with van der Waals surface area (Å²) >= 11 is 0. The Morgan fingerprint density at radius 1 is 1.24 bits per heavy atom. The number of hydrogen-bond acceptors (Lipinski definition) is 4. The number of hydrogen-bond donors (Lipinski definition) is 0. The Balaban J connectivity index is 2.27. The van der Waals surface area contributed by atoms with E-state index in [2.05, 4.69) is 4.74 Å². The van der Waals surface area contributed by atoms with Crippen LogP contribution < -0.4 is 0 Å². The van der Waals surface area contributed by atoms with Crippen LogP contribution in [-0.4, -0.2) is 25.7 Å². The van der Waals surface area contributed by atoms with Crippen molar-refractivity contribution in [1.82, 2.24) is 0 Å². The molecular formula is C13H14O4. The van der Waals surface area contributed by atoms with Crippen molar-refractivity contribution in [1.29, 1.82) is 0 Å². The van der Waals surface area contributed by atoms with Crippen LogP contribution in [0.5, 0.6) is 0 Å². The van der Waals surface area contributed by atoms with Gasteiger partial charge in [0.05, 0.1) is 13.5 Å². The molecular weight excluding hydrogens is 220 g/mol. The van der Waals surface area contributed by atoms with Gasteiger partial charge in [0.1, 0.15) is 6.61 Å². The Labute approximate surface area is 99.8 Å². The molecule has 4 heteroatoms. The van der Waals surface area contributed by atoms with E-state index in [0.29, 0.717) is 0 Å². The number of methoxy groups -OCH3 is 1. The maximum atomic E-state index is 11.4. The summed E-state index contributed by atoms with van der Waals surface area (Å²) in [6.07, 6.45) is 2.89. The van der Waals surface area contributed by atoms with Gasteiger partial charge in [0.2, 0.25) is 0 Å². The Morgan fingerprint density at radius 2 is 1.94 bits per heavy atom. The van der Waals surface area contributed by atoms with E-state index in [1.807, 2.05) is 30.3 Å². The van der Waals surface area contributed by atoms with Crippen LogP contribution in [0.25, 0.3) is 0 Å². The van der Waals surface area contributed by atoms with Gasteiger partial charge in [0.15, 0.2) is 0 Å². The molecule has 0 fully saturated rings. The van der Waals surface area contributed by atoms with E-state index in [0.717, 1.165) is 5.56 Å². The molecule has 1 aromatic carbocycles. The van der Waals surface area contributed by atoms with Gasteiger partial charge in [-0.05, 0) is 11.6 Å². The van der Waals surface area contributed by atoms with Gasteiger partial charge in [0.25, 0.3) is 0 Å². The summed E-state index contributed by atoms with van der Waals surface area (Å²) in [6, 6.07) is 9.31. The third-order valence-electron chi connectivity index (χ3n) is 1.99. The summed E-state index contributed by atoms with van der Waals surface area (Å²) < 4.78 is 9.29. The van der Waals surface area contributed by atoms with Crippen molar-refractivity contribution in [2.45, 2.75) is 6.42 Å². The molecule has 0 spiro atoms. The zero-order valence-corrected chi connectivity index (χ0v) is 9.59. The zero-order valence-electron chi connectivity index (χ0n) is 9.59. The van der Waals surface area contributed by atoms with Crippen LogP contribution in [0.1, 0.15) is 5.56 Å². The smallest absolute Gasteiger partial charge is 0.330 e. The molecule has 90 valence electrons. The standard InChI is InChI=1S/C13H14O4/c1-16-12(14)8-5-9-17-13(15)10-11-6-3-2-4-7-11/h2-8H,9-10H2,1H3/b8-5+. The molecule has 4 nitrogen and oxygen atoms in total. The minimum atomic E-state index is -0.468. The third kappa shape index (κ3) is 5.51. The average Bonchev–Trinajstić information content (AvgIpc) is 2.35. The van der Waals surface area contributed by atoms with Crippen molar-refractivity contribution >= 4 is 11.9 Å². The lowest BCUT2D eigenvalue weighted by Crippen LogP contribution is -2.08. The summed E-state index contributed by atoms with van der Waals surface area (Å²) in [6.45, 7) is 0.0702. The highest BCUT2D eigenvalue weighted by atomic mass is 16.5. The molecule has 0 aliphatic rings. The first-order valence-corrected chi connectivity index (χ1v) is 5.16. The normalized spacial score (nSPS) is 10.2. The third-order valence-corrected chi connectivity index (χ3v) is 1.99. The SMILES string of the molecule is COC(=O)/C=C/COC(=O)Cc1ccccc1. The van der Waals surface area contributed by atoms with Gasteiger partial charge in [-0.15, -0.1) is 0 Å². The molecule has 17 heavy (non-hydrogen) atoms. The maximum absolute atomic E-state index is 11.4. The van der Waals surface area contributed by atoms with E-state index < -0.39 is 5.97 Å².